The zero-order chi connectivity index (χ0) is 12.7. The van der Waals surface area contributed by atoms with Crippen LogP contribution in [-0.4, -0.2) is 17.3 Å². The molecule has 0 heterocycles. The third kappa shape index (κ3) is 5.22. The Balaban J connectivity index is 2.45. The Morgan fingerprint density at radius 1 is 1.18 bits per heavy atom. The summed E-state index contributed by atoms with van der Waals surface area (Å²) in [5, 5.41) is 9.83. The normalized spacial score (nSPS) is 14.4. The van der Waals surface area contributed by atoms with E-state index >= 15 is 0 Å². The van der Waals surface area contributed by atoms with Crippen LogP contribution in [0.5, 0.6) is 5.75 Å². The molecule has 1 N–H and O–H groups in total. The van der Waals surface area contributed by atoms with Gasteiger partial charge in [-0.15, -0.1) is 0 Å². The fourth-order valence-electron chi connectivity index (χ4n) is 1.47. The number of aryl methyl sites for hydroxylation is 1. The van der Waals surface area contributed by atoms with E-state index in [0.29, 0.717) is 13.0 Å². The maximum atomic E-state index is 9.83. The number of hydrogen-bond acceptors (Lipinski definition) is 2. The van der Waals surface area contributed by atoms with Gasteiger partial charge in [-0.3, -0.25) is 0 Å². The van der Waals surface area contributed by atoms with Crippen molar-refractivity contribution in [3.05, 3.63) is 29.8 Å². The van der Waals surface area contributed by atoms with Crippen molar-refractivity contribution in [2.45, 2.75) is 52.1 Å². The molecule has 17 heavy (non-hydrogen) atoms. The third-order valence-electron chi connectivity index (χ3n) is 3.05. The van der Waals surface area contributed by atoms with Crippen LogP contribution in [0.1, 0.15) is 45.6 Å². The van der Waals surface area contributed by atoms with Crippen LogP contribution in [0.2, 0.25) is 0 Å². The van der Waals surface area contributed by atoms with E-state index in [9.17, 15) is 5.11 Å². The van der Waals surface area contributed by atoms with Crippen molar-refractivity contribution in [1.29, 1.82) is 0 Å². The molecule has 0 aliphatic carbocycles. The van der Waals surface area contributed by atoms with E-state index < -0.39 is 5.60 Å². The van der Waals surface area contributed by atoms with Gasteiger partial charge in [0.1, 0.15) is 12.4 Å². The molecule has 96 valence electrons. The Labute approximate surface area is 105 Å². The van der Waals surface area contributed by atoms with Crippen molar-refractivity contribution < 1.29 is 9.84 Å². The summed E-state index contributed by atoms with van der Waals surface area (Å²) in [4.78, 5) is 0. The van der Waals surface area contributed by atoms with Crippen molar-refractivity contribution in [3.8, 4) is 5.75 Å². The van der Waals surface area contributed by atoms with E-state index in [1.807, 2.05) is 19.1 Å². The lowest BCUT2D eigenvalue weighted by molar-refractivity contribution is 0.00846. The van der Waals surface area contributed by atoms with E-state index in [1.54, 1.807) is 6.92 Å². The minimum Gasteiger partial charge on any atom is -0.491 e. The first-order valence-electron chi connectivity index (χ1n) is 6.51. The summed E-state index contributed by atoms with van der Waals surface area (Å²) < 4.78 is 5.57. The van der Waals surface area contributed by atoms with Crippen LogP contribution in [-0.2, 0) is 6.42 Å². The monoisotopic (exact) mass is 236 g/mol. The van der Waals surface area contributed by atoms with Crippen LogP contribution in [0.15, 0.2) is 24.3 Å². The van der Waals surface area contributed by atoms with Crippen molar-refractivity contribution in [2.75, 3.05) is 6.61 Å². The highest BCUT2D eigenvalue weighted by Crippen LogP contribution is 2.16. The van der Waals surface area contributed by atoms with Crippen LogP contribution < -0.4 is 4.74 Å². The van der Waals surface area contributed by atoms with Gasteiger partial charge in [0.2, 0.25) is 0 Å². The molecular formula is C15H24O2. The van der Waals surface area contributed by atoms with Gasteiger partial charge >= 0.3 is 0 Å². The zero-order valence-electron chi connectivity index (χ0n) is 11.2. The minimum atomic E-state index is -0.735. The Kier molecular flexibility index (Phi) is 5.49. The number of aliphatic hydroxyl groups is 1. The summed E-state index contributed by atoms with van der Waals surface area (Å²) >= 11 is 0. The molecule has 1 unspecified atom stereocenters. The Bertz CT molecular complexity index is 314. The SMILES string of the molecule is CCCCc1ccc(OCC(C)(O)CC)cc1. The summed E-state index contributed by atoms with van der Waals surface area (Å²) in [5.41, 5.74) is 0.613. The minimum absolute atomic E-state index is 0.345. The van der Waals surface area contributed by atoms with E-state index in [-0.39, 0.29) is 0 Å². The molecule has 0 saturated heterocycles. The highest BCUT2D eigenvalue weighted by molar-refractivity contribution is 5.27. The number of benzene rings is 1. The molecule has 1 aromatic carbocycles. The second kappa shape index (κ2) is 6.65. The summed E-state index contributed by atoms with van der Waals surface area (Å²) in [5.74, 6) is 0.832. The maximum absolute atomic E-state index is 9.83. The zero-order valence-corrected chi connectivity index (χ0v) is 11.2. The molecule has 0 radical (unpaired) electrons. The summed E-state index contributed by atoms with van der Waals surface area (Å²) in [6.45, 7) is 6.29. The Morgan fingerprint density at radius 2 is 1.82 bits per heavy atom. The molecule has 2 heteroatoms. The van der Waals surface area contributed by atoms with Crippen molar-refractivity contribution in [3.63, 3.8) is 0 Å². The predicted molar refractivity (Wildman–Crippen MR) is 71.5 cm³/mol. The highest BCUT2D eigenvalue weighted by atomic mass is 16.5. The fraction of sp³-hybridized carbons (Fsp3) is 0.600. The standard InChI is InChI=1S/C15H24O2/c1-4-6-7-13-8-10-14(11-9-13)17-12-15(3,16)5-2/h8-11,16H,4-7,12H2,1-3H3. The average molecular weight is 236 g/mol. The van der Waals surface area contributed by atoms with E-state index in [1.165, 1.54) is 18.4 Å². The number of ether oxygens (including phenoxy) is 1. The van der Waals surface area contributed by atoms with Crippen LogP contribution in [0.3, 0.4) is 0 Å². The molecule has 0 saturated carbocycles. The largest absolute Gasteiger partial charge is 0.491 e. The first kappa shape index (κ1) is 14.0. The van der Waals surface area contributed by atoms with Crippen LogP contribution in [0, 0.1) is 0 Å². The van der Waals surface area contributed by atoms with Gasteiger partial charge in [-0.1, -0.05) is 32.4 Å². The number of hydrogen-bond donors (Lipinski definition) is 1. The van der Waals surface area contributed by atoms with Crippen molar-refractivity contribution in [1.82, 2.24) is 0 Å². The van der Waals surface area contributed by atoms with Crippen molar-refractivity contribution >= 4 is 0 Å². The maximum Gasteiger partial charge on any atom is 0.119 e. The summed E-state index contributed by atoms with van der Waals surface area (Å²) in [6.07, 6.45) is 4.27. The van der Waals surface area contributed by atoms with Gasteiger partial charge in [-0.2, -0.15) is 0 Å². The smallest absolute Gasteiger partial charge is 0.119 e. The topological polar surface area (TPSA) is 29.5 Å². The van der Waals surface area contributed by atoms with Gasteiger partial charge in [0.05, 0.1) is 5.60 Å². The molecule has 0 fully saturated rings. The molecule has 0 aliphatic heterocycles. The lowest BCUT2D eigenvalue weighted by Crippen LogP contribution is -2.31. The van der Waals surface area contributed by atoms with E-state index in [0.717, 1.165) is 12.2 Å². The predicted octanol–water partition coefficient (Wildman–Crippen LogP) is 3.57. The lowest BCUT2D eigenvalue weighted by Gasteiger charge is -2.21. The molecule has 0 spiro atoms. The highest BCUT2D eigenvalue weighted by Gasteiger charge is 2.18. The van der Waals surface area contributed by atoms with Gasteiger partial charge in [-0.05, 0) is 43.9 Å². The molecule has 1 aromatic rings. The molecule has 1 rings (SSSR count). The quantitative estimate of drug-likeness (QED) is 0.784. The lowest BCUT2D eigenvalue weighted by atomic mass is 10.1. The molecule has 0 aliphatic rings. The van der Waals surface area contributed by atoms with Gasteiger partial charge < -0.3 is 9.84 Å². The number of rotatable bonds is 7. The first-order chi connectivity index (χ1) is 8.07. The molecule has 0 bridgehead atoms. The van der Waals surface area contributed by atoms with Gasteiger partial charge in [0.25, 0.3) is 0 Å². The second-order valence-electron chi connectivity index (χ2n) is 4.89. The van der Waals surface area contributed by atoms with Crippen LogP contribution >= 0.6 is 0 Å². The number of unbranched alkanes of at least 4 members (excludes halogenated alkanes) is 1. The molecule has 2 nitrogen and oxygen atoms in total. The van der Waals surface area contributed by atoms with Crippen molar-refractivity contribution in [2.24, 2.45) is 0 Å². The average Bonchev–Trinajstić information content (AvgIpc) is 2.35. The van der Waals surface area contributed by atoms with Gasteiger partial charge in [-0.25, -0.2) is 0 Å². The fourth-order valence-corrected chi connectivity index (χ4v) is 1.47. The molecule has 0 amide bonds. The first-order valence-corrected chi connectivity index (χ1v) is 6.51. The summed E-state index contributed by atoms with van der Waals surface area (Å²) in [6, 6.07) is 8.17. The third-order valence-corrected chi connectivity index (χ3v) is 3.05. The van der Waals surface area contributed by atoms with Crippen LogP contribution in [0.4, 0.5) is 0 Å². The molecule has 0 aromatic heterocycles. The van der Waals surface area contributed by atoms with E-state index in [4.69, 9.17) is 4.74 Å². The van der Waals surface area contributed by atoms with Crippen LogP contribution in [0.25, 0.3) is 0 Å². The van der Waals surface area contributed by atoms with Gasteiger partial charge in [0.15, 0.2) is 0 Å². The van der Waals surface area contributed by atoms with Gasteiger partial charge in [0, 0.05) is 0 Å². The van der Waals surface area contributed by atoms with E-state index in [2.05, 4.69) is 19.1 Å². The Morgan fingerprint density at radius 3 is 2.35 bits per heavy atom. The Hall–Kier alpha value is -1.02. The molecule has 1 atom stereocenters. The molecular weight excluding hydrogens is 212 g/mol. The second-order valence-corrected chi connectivity index (χ2v) is 4.89. The summed E-state index contributed by atoms with van der Waals surface area (Å²) in [7, 11) is 0.